The quantitative estimate of drug-likeness (QED) is 0.683. The summed E-state index contributed by atoms with van der Waals surface area (Å²) in [4.78, 5) is 38.0. The van der Waals surface area contributed by atoms with E-state index in [2.05, 4.69) is 10.6 Å². The molecule has 4 rings (SSSR count). The fourth-order valence-corrected chi connectivity index (χ4v) is 4.79. The van der Waals surface area contributed by atoms with Gasteiger partial charge in [-0.25, -0.2) is 0 Å². The topological polar surface area (TPSA) is 105 Å². The second kappa shape index (κ2) is 8.49. The highest BCUT2D eigenvalue weighted by atomic mass is 35.5. The SMILES string of the molecule is Cl.NC1C2CCC(C2)C1C(=O)NCc1ccc(C(=O)N2CCNC(=O)C2)cc1. The molecule has 8 heteroatoms. The molecule has 1 aliphatic heterocycles. The molecule has 2 saturated carbocycles. The third-order valence-corrected chi connectivity index (χ3v) is 6.28. The molecule has 3 fully saturated rings. The van der Waals surface area contributed by atoms with Gasteiger partial charge >= 0.3 is 0 Å². The van der Waals surface area contributed by atoms with Crippen molar-refractivity contribution in [2.24, 2.45) is 23.5 Å². The lowest BCUT2D eigenvalue weighted by atomic mass is 9.84. The average molecular weight is 407 g/mol. The predicted molar refractivity (Wildman–Crippen MR) is 107 cm³/mol. The Morgan fingerprint density at radius 2 is 1.89 bits per heavy atom. The van der Waals surface area contributed by atoms with Crippen molar-refractivity contribution in [3.63, 3.8) is 0 Å². The van der Waals surface area contributed by atoms with Crippen LogP contribution in [0.2, 0.25) is 0 Å². The Labute approximate surface area is 170 Å². The molecule has 0 spiro atoms. The molecule has 7 nitrogen and oxygen atoms in total. The molecule has 1 aromatic carbocycles. The van der Waals surface area contributed by atoms with Crippen LogP contribution in [-0.4, -0.2) is 48.3 Å². The van der Waals surface area contributed by atoms with Crippen LogP contribution in [0.25, 0.3) is 0 Å². The Morgan fingerprint density at radius 1 is 1.18 bits per heavy atom. The molecule has 1 aromatic rings. The summed E-state index contributed by atoms with van der Waals surface area (Å²) in [5.74, 6) is 0.657. The predicted octanol–water partition coefficient (Wildman–Crippen LogP) is 0.670. The van der Waals surface area contributed by atoms with E-state index in [1.165, 1.54) is 0 Å². The van der Waals surface area contributed by atoms with Gasteiger partial charge in [0.1, 0.15) is 0 Å². The zero-order valence-corrected chi connectivity index (χ0v) is 16.5. The van der Waals surface area contributed by atoms with Crippen LogP contribution in [0, 0.1) is 17.8 Å². The van der Waals surface area contributed by atoms with Crippen molar-refractivity contribution in [3.05, 3.63) is 35.4 Å². The molecule has 1 saturated heterocycles. The molecule has 2 bridgehead atoms. The Bertz CT molecular complexity index is 752. The fourth-order valence-electron chi connectivity index (χ4n) is 4.79. The standard InChI is InChI=1S/C20H26N4O3.ClH/c21-18-15-6-5-14(9-15)17(18)19(26)23-10-12-1-3-13(4-2-12)20(27)24-8-7-22-16(25)11-24;/h1-4,14-15,17-18H,5-11,21H2,(H,22,25)(H,23,26);1H. The molecule has 4 unspecified atom stereocenters. The smallest absolute Gasteiger partial charge is 0.254 e. The number of nitrogens with one attached hydrogen (secondary N) is 2. The number of amides is 3. The number of carbonyl (C=O) groups excluding carboxylic acids is 3. The maximum atomic E-state index is 12.5. The van der Waals surface area contributed by atoms with Crippen LogP contribution < -0.4 is 16.4 Å². The molecule has 0 radical (unpaired) electrons. The number of piperazine rings is 1. The highest BCUT2D eigenvalue weighted by molar-refractivity contribution is 5.97. The second-order valence-corrected chi connectivity index (χ2v) is 7.93. The summed E-state index contributed by atoms with van der Waals surface area (Å²) in [5.41, 5.74) is 7.73. The summed E-state index contributed by atoms with van der Waals surface area (Å²) in [7, 11) is 0. The number of fused-ring (bicyclic) bond motifs is 2. The largest absolute Gasteiger partial charge is 0.353 e. The second-order valence-electron chi connectivity index (χ2n) is 7.93. The van der Waals surface area contributed by atoms with E-state index in [0.29, 0.717) is 37.0 Å². The van der Waals surface area contributed by atoms with Crippen LogP contribution in [0.5, 0.6) is 0 Å². The van der Waals surface area contributed by atoms with Gasteiger partial charge in [0.05, 0.1) is 12.5 Å². The fraction of sp³-hybridized carbons (Fsp3) is 0.550. The highest BCUT2D eigenvalue weighted by Crippen LogP contribution is 2.47. The van der Waals surface area contributed by atoms with Gasteiger partial charge in [0, 0.05) is 31.2 Å². The van der Waals surface area contributed by atoms with E-state index in [9.17, 15) is 14.4 Å². The summed E-state index contributed by atoms with van der Waals surface area (Å²) >= 11 is 0. The third-order valence-electron chi connectivity index (χ3n) is 6.28. The van der Waals surface area contributed by atoms with Gasteiger partial charge in [-0.2, -0.15) is 0 Å². The van der Waals surface area contributed by atoms with Crippen LogP contribution in [0.3, 0.4) is 0 Å². The maximum absolute atomic E-state index is 12.5. The van der Waals surface area contributed by atoms with E-state index in [4.69, 9.17) is 5.73 Å². The molecule has 28 heavy (non-hydrogen) atoms. The molecule has 4 N–H and O–H groups in total. The van der Waals surface area contributed by atoms with Crippen molar-refractivity contribution in [2.75, 3.05) is 19.6 Å². The van der Waals surface area contributed by atoms with Crippen LogP contribution in [0.4, 0.5) is 0 Å². The number of carbonyl (C=O) groups is 3. The number of benzene rings is 1. The van der Waals surface area contributed by atoms with Crippen molar-refractivity contribution in [2.45, 2.75) is 31.8 Å². The Hall–Kier alpha value is -2.12. The molecule has 4 atom stereocenters. The monoisotopic (exact) mass is 406 g/mol. The molecule has 3 aliphatic rings. The first-order valence-electron chi connectivity index (χ1n) is 9.71. The van der Waals surface area contributed by atoms with E-state index in [-0.39, 0.29) is 48.6 Å². The van der Waals surface area contributed by atoms with Gasteiger partial charge in [-0.05, 0) is 48.8 Å². The summed E-state index contributed by atoms with van der Waals surface area (Å²) in [6, 6.07) is 7.18. The van der Waals surface area contributed by atoms with Crippen LogP contribution >= 0.6 is 12.4 Å². The van der Waals surface area contributed by atoms with Gasteiger partial charge in [0.25, 0.3) is 5.91 Å². The number of halogens is 1. The van der Waals surface area contributed by atoms with E-state index >= 15 is 0 Å². The first-order chi connectivity index (χ1) is 13.0. The molecule has 152 valence electrons. The van der Waals surface area contributed by atoms with Crippen molar-refractivity contribution in [1.29, 1.82) is 0 Å². The number of hydrogen-bond acceptors (Lipinski definition) is 4. The zero-order chi connectivity index (χ0) is 19.0. The maximum Gasteiger partial charge on any atom is 0.254 e. The van der Waals surface area contributed by atoms with Gasteiger partial charge in [-0.15, -0.1) is 12.4 Å². The lowest BCUT2D eigenvalue weighted by molar-refractivity contribution is -0.127. The van der Waals surface area contributed by atoms with Crippen molar-refractivity contribution >= 4 is 30.1 Å². The van der Waals surface area contributed by atoms with E-state index in [0.717, 1.165) is 24.8 Å². The number of nitrogens with two attached hydrogens (primary N) is 1. The molecular formula is C20H27ClN4O3. The molecule has 3 amide bonds. The summed E-state index contributed by atoms with van der Waals surface area (Å²) in [6.45, 7) is 1.53. The van der Waals surface area contributed by atoms with Gasteiger partial charge in [0.2, 0.25) is 11.8 Å². The van der Waals surface area contributed by atoms with Gasteiger partial charge in [-0.3, -0.25) is 14.4 Å². The average Bonchev–Trinajstić information content (AvgIpc) is 3.27. The van der Waals surface area contributed by atoms with Crippen molar-refractivity contribution in [1.82, 2.24) is 15.5 Å². The van der Waals surface area contributed by atoms with Crippen LogP contribution in [0.15, 0.2) is 24.3 Å². The van der Waals surface area contributed by atoms with Crippen molar-refractivity contribution in [3.8, 4) is 0 Å². The Kier molecular flexibility index (Phi) is 6.25. The third kappa shape index (κ3) is 4.00. The molecular weight excluding hydrogens is 380 g/mol. The van der Waals surface area contributed by atoms with Gasteiger partial charge < -0.3 is 21.3 Å². The van der Waals surface area contributed by atoms with Crippen LogP contribution in [0.1, 0.15) is 35.2 Å². The zero-order valence-electron chi connectivity index (χ0n) is 15.7. The van der Waals surface area contributed by atoms with Gasteiger partial charge in [-0.1, -0.05) is 12.1 Å². The highest BCUT2D eigenvalue weighted by Gasteiger charge is 2.48. The van der Waals surface area contributed by atoms with E-state index in [1.807, 2.05) is 12.1 Å². The summed E-state index contributed by atoms with van der Waals surface area (Å²) in [5, 5.41) is 5.72. The lowest BCUT2D eigenvalue weighted by Crippen LogP contribution is -2.49. The molecule has 1 heterocycles. The minimum absolute atomic E-state index is 0. The van der Waals surface area contributed by atoms with Gasteiger partial charge in [0.15, 0.2) is 0 Å². The number of rotatable bonds is 4. The molecule has 0 aromatic heterocycles. The number of hydrogen-bond donors (Lipinski definition) is 3. The number of nitrogens with zero attached hydrogens (tertiary/aromatic N) is 1. The van der Waals surface area contributed by atoms with Crippen molar-refractivity contribution < 1.29 is 14.4 Å². The Balaban J connectivity index is 0.00000225. The Morgan fingerprint density at radius 3 is 2.54 bits per heavy atom. The van der Waals surface area contributed by atoms with E-state index in [1.54, 1.807) is 17.0 Å². The summed E-state index contributed by atoms with van der Waals surface area (Å²) in [6.07, 6.45) is 3.36. The summed E-state index contributed by atoms with van der Waals surface area (Å²) < 4.78 is 0. The van der Waals surface area contributed by atoms with E-state index < -0.39 is 0 Å². The first kappa shape index (κ1) is 20.6. The minimum Gasteiger partial charge on any atom is -0.353 e. The van der Waals surface area contributed by atoms with Crippen LogP contribution in [-0.2, 0) is 16.1 Å². The molecule has 2 aliphatic carbocycles. The minimum atomic E-state index is -0.145. The lowest BCUT2D eigenvalue weighted by Gasteiger charge is -2.27. The first-order valence-corrected chi connectivity index (χ1v) is 9.71. The normalized spacial score (nSPS) is 28.5.